The Balaban J connectivity index is 1.43. The van der Waals surface area contributed by atoms with Crippen molar-refractivity contribution < 1.29 is 14.3 Å². The van der Waals surface area contributed by atoms with Crippen LogP contribution in [0.2, 0.25) is 0 Å². The molecule has 0 spiro atoms. The van der Waals surface area contributed by atoms with E-state index in [9.17, 15) is 9.59 Å². The van der Waals surface area contributed by atoms with Crippen LogP contribution in [-0.2, 0) is 19.7 Å². The minimum Gasteiger partial charge on any atom is -0.461 e. The zero-order valence-corrected chi connectivity index (χ0v) is 16.6. The van der Waals surface area contributed by atoms with Crippen LogP contribution in [0.25, 0.3) is 0 Å². The van der Waals surface area contributed by atoms with Gasteiger partial charge in [-0.15, -0.1) is 0 Å². The van der Waals surface area contributed by atoms with E-state index in [0.29, 0.717) is 18.4 Å². The molecule has 0 radical (unpaired) electrons. The van der Waals surface area contributed by atoms with Gasteiger partial charge in [0.05, 0.1) is 12.0 Å². The number of nitrogens with zero attached hydrogens (tertiary/aromatic N) is 1. The maximum Gasteiger partial charge on any atom is 0.316 e. The molecule has 2 unspecified atom stereocenters. The second-order valence-electron chi connectivity index (χ2n) is 8.96. The lowest BCUT2D eigenvalue weighted by Gasteiger charge is -2.50. The summed E-state index contributed by atoms with van der Waals surface area (Å²) in [5.74, 6) is 0.682. The van der Waals surface area contributed by atoms with Crippen LogP contribution in [0, 0.1) is 11.8 Å². The van der Waals surface area contributed by atoms with Crippen molar-refractivity contribution in [1.29, 1.82) is 0 Å². The van der Waals surface area contributed by atoms with Crippen molar-refractivity contribution in [3.63, 3.8) is 0 Å². The lowest BCUT2D eigenvalue weighted by atomic mass is 9.66. The van der Waals surface area contributed by atoms with Gasteiger partial charge in [-0.25, -0.2) is 0 Å². The molecule has 1 aliphatic heterocycles. The predicted molar refractivity (Wildman–Crippen MR) is 108 cm³/mol. The van der Waals surface area contributed by atoms with Crippen molar-refractivity contribution in [2.75, 3.05) is 19.6 Å². The highest BCUT2D eigenvalue weighted by Crippen LogP contribution is 2.45. The lowest BCUT2D eigenvalue weighted by Crippen LogP contribution is -2.56. The number of likely N-dealkylation sites (tertiary alicyclic amines) is 1. The first-order valence-electron chi connectivity index (χ1n) is 10.9. The Kier molecular flexibility index (Phi) is 5.72. The van der Waals surface area contributed by atoms with Crippen LogP contribution in [0.4, 0.5) is 0 Å². The summed E-state index contributed by atoms with van der Waals surface area (Å²) < 4.78 is 6.18. The monoisotopic (exact) mass is 384 g/mol. The zero-order valence-electron chi connectivity index (χ0n) is 16.6. The summed E-state index contributed by atoms with van der Waals surface area (Å²) in [6, 6.07) is 10.3. The van der Waals surface area contributed by atoms with Crippen LogP contribution < -0.4 is 5.73 Å². The Labute approximate surface area is 167 Å². The molecule has 1 aromatic rings. The van der Waals surface area contributed by atoms with Crippen molar-refractivity contribution in [1.82, 2.24) is 4.90 Å². The number of carbonyl (C=O) groups excluding carboxylic acids is 2. The minimum absolute atomic E-state index is 0.0105. The molecule has 3 aliphatic rings. The summed E-state index contributed by atoms with van der Waals surface area (Å²) >= 11 is 0. The van der Waals surface area contributed by atoms with E-state index in [-0.39, 0.29) is 18.0 Å². The van der Waals surface area contributed by atoms with Gasteiger partial charge >= 0.3 is 5.97 Å². The fourth-order valence-corrected chi connectivity index (χ4v) is 5.59. The second-order valence-corrected chi connectivity index (χ2v) is 8.96. The molecule has 4 rings (SSSR count). The van der Waals surface area contributed by atoms with Gasteiger partial charge in [0.25, 0.3) is 0 Å². The largest absolute Gasteiger partial charge is 0.461 e. The third-order valence-electron chi connectivity index (χ3n) is 7.20. The number of hydrogen-bond acceptors (Lipinski definition) is 4. The Morgan fingerprint density at radius 2 is 1.82 bits per heavy atom. The summed E-state index contributed by atoms with van der Waals surface area (Å²) in [4.78, 5) is 26.8. The van der Waals surface area contributed by atoms with Crippen LogP contribution in [0.3, 0.4) is 0 Å². The number of benzene rings is 1. The predicted octanol–water partition coefficient (Wildman–Crippen LogP) is 3.02. The molecule has 1 aromatic carbocycles. The topological polar surface area (TPSA) is 72.6 Å². The number of primary amides is 1. The number of amides is 1. The Hall–Kier alpha value is -1.88. The number of piperidine rings is 1. The summed E-state index contributed by atoms with van der Waals surface area (Å²) in [5, 5.41) is 0. The number of rotatable bonds is 5. The average molecular weight is 385 g/mol. The quantitative estimate of drug-likeness (QED) is 0.626. The number of ether oxygens (including phenoxy) is 1. The molecule has 3 atom stereocenters. The third kappa shape index (κ3) is 3.82. The molecule has 152 valence electrons. The molecular weight excluding hydrogens is 352 g/mol. The van der Waals surface area contributed by atoms with Gasteiger partial charge in [0.1, 0.15) is 6.10 Å². The van der Waals surface area contributed by atoms with Gasteiger partial charge < -0.3 is 10.5 Å². The number of esters is 1. The third-order valence-corrected chi connectivity index (χ3v) is 7.20. The van der Waals surface area contributed by atoms with Crippen molar-refractivity contribution in [2.45, 2.75) is 62.9 Å². The molecule has 5 nitrogen and oxygen atoms in total. The van der Waals surface area contributed by atoms with Gasteiger partial charge in [-0.2, -0.15) is 0 Å². The first-order chi connectivity index (χ1) is 13.6. The number of hydrogen-bond donors (Lipinski definition) is 1. The van der Waals surface area contributed by atoms with E-state index in [1.807, 2.05) is 18.2 Å². The van der Waals surface area contributed by atoms with E-state index in [4.69, 9.17) is 10.5 Å². The highest BCUT2D eigenvalue weighted by atomic mass is 16.5. The molecule has 2 N–H and O–H groups in total. The number of nitrogens with two attached hydrogens (primary N) is 1. The van der Waals surface area contributed by atoms with Crippen LogP contribution in [0.1, 0.15) is 56.9 Å². The molecule has 28 heavy (non-hydrogen) atoms. The van der Waals surface area contributed by atoms with E-state index >= 15 is 0 Å². The van der Waals surface area contributed by atoms with E-state index in [2.05, 4.69) is 17.0 Å². The van der Waals surface area contributed by atoms with Gasteiger partial charge in [-0.3, -0.25) is 14.5 Å². The van der Waals surface area contributed by atoms with E-state index in [1.165, 1.54) is 12.8 Å². The maximum atomic E-state index is 13.5. The fourth-order valence-electron chi connectivity index (χ4n) is 5.59. The summed E-state index contributed by atoms with van der Waals surface area (Å²) in [6.45, 7) is 2.10. The molecule has 2 saturated carbocycles. The molecule has 3 fully saturated rings. The minimum atomic E-state index is -0.477. The average Bonchev–Trinajstić information content (AvgIpc) is 2.94. The summed E-state index contributed by atoms with van der Waals surface area (Å²) in [5.41, 5.74) is 5.97. The van der Waals surface area contributed by atoms with Crippen LogP contribution in [0.5, 0.6) is 0 Å². The molecule has 1 amide bonds. The SMILES string of the molecule is NC(=O)CN1CCC2C(C[C@@H]2OC(=O)C2(c3ccccc3)CCCCCC2)C1. The normalized spacial score (nSPS) is 29.8. The molecule has 5 heteroatoms. The molecule has 0 aromatic heterocycles. The Morgan fingerprint density at radius 1 is 1.11 bits per heavy atom. The molecule has 2 aliphatic carbocycles. The summed E-state index contributed by atoms with van der Waals surface area (Å²) in [7, 11) is 0. The number of fused-ring (bicyclic) bond motifs is 1. The van der Waals surface area contributed by atoms with E-state index in [1.54, 1.807) is 0 Å². The standard InChI is InChI=1S/C23H32N2O3/c24-21(26)16-25-13-10-19-17(15-25)14-20(19)28-22(27)23(11-6-1-2-7-12-23)18-8-4-3-5-9-18/h3-5,8-9,17,19-20H,1-2,6-7,10-16H2,(H2,24,26)/t17?,19?,20-/m0/s1. The van der Waals surface area contributed by atoms with Crippen molar-refractivity contribution in [3.8, 4) is 0 Å². The van der Waals surface area contributed by atoms with Crippen molar-refractivity contribution in [3.05, 3.63) is 35.9 Å². The Morgan fingerprint density at radius 3 is 2.46 bits per heavy atom. The van der Waals surface area contributed by atoms with Gasteiger partial charge in [-0.05, 0) is 43.7 Å². The molecule has 1 saturated heterocycles. The van der Waals surface area contributed by atoms with Crippen LogP contribution in [0.15, 0.2) is 30.3 Å². The molecule has 0 bridgehead atoms. The van der Waals surface area contributed by atoms with Crippen LogP contribution >= 0.6 is 0 Å². The number of carbonyl (C=O) groups is 2. The summed E-state index contributed by atoms with van der Waals surface area (Å²) in [6.07, 6.45) is 8.29. The first kappa shape index (κ1) is 19.4. The van der Waals surface area contributed by atoms with E-state index < -0.39 is 5.41 Å². The lowest BCUT2D eigenvalue weighted by molar-refractivity contribution is -0.176. The van der Waals surface area contributed by atoms with Gasteiger partial charge in [-0.1, -0.05) is 56.0 Å². The van der Waals surface area contributed by atoms with Gasteiger partial charge in [0.2, 0.25) is 5.91 Å². The molecular formula is C23H32N2O3. The maximum absolute atomic E-state index is 13.5. The van der Waals surface area contributed by atoms with Gasteiger partial charge in [0, 0.05) is 12.5 Å². The fraction of sp³-hybridized carbons (Fsp3) is 0.652. The first-order valence-corrected chi connectivity index (χ1v) is 10.9. The smallest absolute Gasteiger partial charge is 0.316 e. The molecule has 1 heterocycles. The second kappa shape index (κ2) is 8.24. The van der Waals surface area contributed by atoms with Gasteiger partial charge in [0.15, 0.2) is 0 Å². The Bertz CT molecular complexity index is 697. The van der Waals surface area contributed by atoms with Crippen LogP contribution in [-0.4, -0.2) is 42.5 Å². The van der Waals surface area contributed by atoms with E-state index in [0.717, 1.165) is 57.2 Å². The highest BCUT2D eigenvalue weighted by molar-refractivity contribution is 5.83. The van der Waals surface area contributed by atoms with Crippen molar-refractivity contribution >= 4 is 11.9 Å². The zero-order chi connectivity index (χ0) is 19.6. The van der Waals surface area contributed by atoms with Crippen molar-refractivity contribution in [2.24, 2.45) is 17.6 Å². The highest BCUT2D eigenvalue weighted by Gasteiger charge is 2.49.